The lowest BCUT2D eigenvalue weighted by atomic mass is 10.2. The van der Waals surface area contributed by atoms with Gasteiger partial charge in [-0.25, -0.2) is 9.59 Å². The summed E-state index contributed by atoms with van der Waals surface area (Å²) in [6, 6.07) is 6.54. The molecule has 1 aromatic rings. The summed E-state index contributed by atoms with van der Waals surface area (Å²) in [6.07, 6.45) is -0.492. The maximum absolute atomic E-state index is 11.4. The van der Waals surface area contributed by atoms with Crippen LogP contribution in [0.25, 0.3) is 0 Å². The Kier molecular flexibility index (Phi) is 6.49. The Labute approximate surface area is 129 Å². The number of carboxylic acid groups (broad SMARTS) is 1. The molecule has 22 heavy (non-hydrogen) atoms. The van der Waals surface area contributed by atoms with Gasteiger partial charge in [0.25, 0.3) is 0 Å². The van der Waals surface area contributed by atoms with E-state index in [1.807, 2.05) is 0 Å². The first-order valence-corrected chi connectivity index (χ1v) is 6.80. The zero-order valence-electron chi connectivity index (χ0n) is 12.9. The first-order chi connectivity index (χ1) is 10.3. The van der Waals surface area contributed by atoms with Gasteiger partial charge in [0.2, 0.25) is 0 Å². The first kappa shape index (κ1) is 17.6. The predicted molar refractivity (Wildman–Crippen MR) is 79.3 cm³/mol. The van der Waals surface area contributed by atoms with Gasteiger partial charge in [-0.05, 0) is 45.0 Å². The molecule has 1 aromatic carbocycles. The van der Waals surface area contributed by atoms with Crippen molar-refractivity contribution in [3.8, 4) is 11.5 Å². The van der Waals surface area contributed by atoms with Crippen molar-refractivity contribution < 1.29 is 28.9 Å². The zero-order valence-corrected chi connectivity index (χ0v) is 12.9. The summed E-state index contributed by atoms with van der Waals surface area (Å²) < 4.78 is 15.5. The van der Waals surface area contributed by atoms with Crippen LogP contribution in [0.5, 0.6) is 11.5 Å². The van der Waals surface area contributed by atoms with Crippen molar-refractivity contribution in [2.75, 3.05) is 19.8 Å². The van der Waals surface area contributed by atoms with Crippen molar-refractivity contribution in [3.05, 3.63) is 24.3 Å². The number of carbonyl (C=O) groups excluding carboxylic acids is 1. The molecule has 0 unspecified atom stereocenters. The number of amides is 1. The molecule has 0 fully saturated rings. The summed E-state index contributed by atoms with van der Waals surface area (Å²) in [5, 5.41) is 11.1. The van der Waals surface area contributed by atoms with Crippen LogP contribution < -0.4 is 14.8 Å². The van der Waals surface area contributed by atoms with Crippen molar-refractivity contribution in [2.45, 2.75) is 26.4 Å². The van der Waals surface area contributed by atoms with Crippen LogP contribution >= 0.6 is 0 Å². The molecule has 2 N–H and O–H groups in total. The molecule has 122 valence electrons. The number of aliphatic carboxylic acids is 1. The van der Waals surface area contributed by atoms with E-state index in [1.54, 1.807) is 45.0 Å². The standard InChI is InChI=1S/C15H21NO6/c1-15(2,3)22-14(19)16-8-9-20-11-4-6-12(7-5-11)21-10-13(17)18/h4-7H,8-10H2,1-3H3,(H,16,19)(H,17,18). The van der Waals surface area contributed by atoms with E-state index < -0.39 is 17.7 Å². The molecule has 0 aliphatic carbocycles. The third kappa shape index (κ3) is 7.98. The minimum atomic E-state index is -1.03. The molecule has 7 heteroatoms. The number of nitrogens with one attached hydrogen (secondary N) is 1. The average molecular weight is 311 g/mol. The average Bonchev–Trinajstić information content (AvgIpc) is 2.40. The molecule has 0 atom stereocenters. The van der Waals surface area contributed by atoms with Crippen molar-refractivity contribution in [3.63, 3.8) is 0 Å². The number of ether oxygens (including phenoxy) is 3. The number of carbonyl (C=O) groups is 2. The minimum Gasteiger partial charge on any atom is -0.492 e. The van der Waals surface area contributed by atoms with Gasteiger partial charge < -0.3 is 24.6 Å². The molecule has 0 saturated carbocycles. The molecular weight excluding hydrogens is 290 g/mol. The maximum atomic E-state index is 11.4. The predicted octanol–water partition coefficient (Wildman–Crippen LogP) is 2.05. The van der Waals surface area contributed by atoms with E-state index in [1.165, 1.54) is 0 Å². The largest absolute Gasteiger partial charge is 0.492 e. The van der Waals surface area contributed by atoms with Crippen LogP contribution in [-0.4, -0.2) is 42.5 Å². The first-order valence-electron chi connectivity index (χ1n) is 6.80. The Bertz CT molecular complexity index is 492. The van der Waals surface area contributed by atoms with Crippen molar-refractivity contribution in [1.82, 2.24) is 5.32 Å². The van der Waals surface area contributed by atoms with E-state index in [9.17, 15) is 9.59 Å². The smallest absolute Gasteiger partial charge is 0.407 e. The second-order valence-corrected chi connectivity index (χ2v) is 5.43. The Balaban J connectivity index is 2.25. The molecule has 0 spiro atoms. The number of carboxylic acids is 1. The van der Waals surface area contributed by atoms with E-state index in [0.29, 0.717) is 18.0 Å². The Morgan fingerprint density at radius 1 is 1.09 bits per heavy atom. The van der Waals surface area contributed by atoms with Gasteiger partial charge in [-0.15, -0.1) is 0 Å². The number of alkyl carbamates (subject to hydrolysis) is 1. The Morgan fingerprint density at radius 2 is 1.64 bits per heavy atom. The third-order valence-electron chi connectivity index (χ3n) is 2.23. The summed E-state index contributed by atoms with van der Waals surface area (Å²) in [7, 11) is 0. The van der Waals surface area contributed by atoms with Crippen molar-refractivity contribution in [2.24, 2.45) is 0 Å². The van der Waals surface area contributed by atoms with Crippen LogP contribution in [-0.2, 0) is 9.53 Å². The number of hydrogen-bond acceptors (Lipinski definition) is 5. The van der Waals surface area contributed by atoms with E-state index >= 15 is 0 Å². The normalized spacial score (nSPS) is 10.7. The fraction of sp³-hybridized carbons (Fsp3) is 0.467. The quantitative estimate of drug-likeness (QED) is 0.749. The fourth-order valence-corrected chi connectivity index (χ4v) is 1.41. The molecule has 7 nitrogen and oxygen atoms in total. The van der Waals surface area contributed by atoms with Gasteiger partial charge in [0.15, 0.2) is 6.61 Å². The number of hydrogen-bond donors (Lipinski definition) is 2. The van der Waals surface area contributed by atoms with Crippen molar-refractivity contribution in [1.29, 1.82) is 0 Å². The van der Waals surface area contributed by atoms with E-state index in [2.05, 4.69) is 5.32 Å². The van der Waals surface area contributed by atoms with Gasteiger partial charge >= 0.3 is 12.1 Å². The van der Waals surface area contributed by atoms with Crippen LogP contribution in [0.3, 0.4) is 0 Å². The number of benzene rings is 1. The van der Waals surface area contributed by atoms with Crippen molar-refractivity contribution >= 4 is 12.1 Å². The monoisotopic (exact) mass is 311 g/mol. The molecule has 0 heterocycles. The lowest BCUT2D eigenvalue weighted by molar-refractivity contribution is -0.139. The Morgan fingerprint density at radius 3 is 2.14 bits per heavy atom. The molecule has 0 aliphatic heterocycles. The van der Waals surface area contributed by atoms with Gasteiger partial charge in [-0.2, -0.15) is 0 Å². The maximum Gasteiger partial charge on any atom is 0.407 e. The fourth-order valence-electron chi connectivity index (χ4n) is 1.41. The van der Waals surface area contributed by atoms with E-state index in [0.717, 1.165) is 0 Å². The highest BCUT2D eigenvalue weighted by Crippen LogP contribution is 2.17. The molecular formula is C15H21NO6. The second kappa shape index (κ2) is 8.11. The van der Waals surface area contributed by atoms with Gasteiger partial charge in [-0.1, -0.05) is 0 Å². The highest BCUT2D eigenvalue weighted by atomic mass is 16.6. The molecule has 1 rings (SSSR count). The van der Waals surface area contributed by atoms with Gasteiger partial charge in [0.1, 0.15) is 23.7 Å². The molecule has 0 bridgehead atoms. The van der Waals surface area contributed by atoms with E-state index in [4.69, 9.17) is 19.3 Å². The highest BCUT2D eigenvalue weighted by Gasteiger charge is 2.15. The van der Waals surface area contributed by atoms with Crippen LogP contribution in [0.15, 0.2) is 24.3 Å². The Hall–Kier alpha value is -2.44. The summed E-state index contributed by atoms with van der Waals surface area (Å²) >= 11 is 0. The van der Waals surface area contributed by atoms with Gasteiger partial charge in [-0.3, -0.25) is 0 Å². The summed E-state index contributed by atoms with van der Waals surface area (Å²) in [5.41, 5.74) is -0.531. The van der Waals surface area contributed by atoms with Gasteiger partial charge in [0, 0.05) is 0 Å². The summed E-state index contributed by atoms with van der Waals surface area (Å²) in [6.45, 7) is 5.58. The highest BCUT2D eigenvalue weighted by molar-refractivity contribution is 5.68. The van der Waals surface area contributed by atoms with Crippen LogP contribution in [0.2, 0.25) is 0 Å². The summed E-state index contributed by atoms with van der Waals surface area (Å²) in [5.74, 6) is 0.00355. The zero-order chi connectivity index (χ0) is 16.6. The molecule has 1 amide bonds. The lowest BCUT2D eigenvalue weighted by Gasteiger charge is -2.19. The minimum absolute atomic E-state index is 0.286. The SMILES string of the molecule is CC(C)(C)OC(=O)NCCOc1ccc(OCC(=O)O)cc1. The second-order valence-electron chi connectivity index (χ2n) is 5.43. The molecule has 0 saturated heterocycles. The van der Waals surface area contributed by atoms with Crippen LogP contribution in [0, 0.1) is 0 Å². The van der Waals surface area contributed by atoms with Crippen LogP contribution in [0.1, 0.15) is 20.8 Å². The van der Waals surface area contributed by atoms with Crippen LogP contribution in [0.4, 0.5) is 4.79 Å². The molecule has 0 aliphatic rings. The molecule has 0 aromatic heterocycles. The van der Waals surface area contributed by atoms with Gasteiger partial charge in [0.05, 0.1) is 6.54 Å². The number of rotatable bonds is 7. The third-order valence-corrected chi connectivity index (χ3v) is 2.23. The van der Waals surface area contributed by atoms with E-state index in [-0.39, 0.29) is 13.2 Å². The molecule has 0 radical (unpaired) electrons. The topological polar surface area (TPSA) is 94.1 Å². The lowest BCUT2D eigenvalue weighted by Crippen LogP contribution is -2.34. The summed E-state index contributed by atoms with van der Waals surface area (Å²) in [4.78, 5) is 21.7.